The second-order valence-electron chi connectivity index (χ2n) is 5.80. The van der Waals surface area contributed by atoms with Crippen molar-refractivity contribution in [2.45, 2.75) is 25.4 Å². The van der Waals surface area contributed by atoms with Crippen molar-refractivity contribution in [2.75, 3.05) is 13.7 Å². The van der Waals surface area contributed by atoms with Crippen LogP contribution in [-0.2, 0) is 19.1 Å². The van der Waals surface area contributed by atoms with E-state index >= 15 is 0 Å². The number of nitrogens with one attached hydrogen (secondary N) is 1. The third-order valence-electron chi connectivity index (χ3n) is 4.56. The molecule has 1 aromatic heterocycles. The van der Waals surface area contributed by atoms with E-state index in [0.29, 0.717) is 5.76 Å². The largest absolute Gasteiger partial charge is 0.468 e. The van der Waals surface area contributed by atoms with Gasteiger partial charge in [0.05, 0.1) is 30.7 Å². The minimum atomic E-state index is -1.25. The molecule has 0 aromatic carbocycles. The van der Waals surface area contributed by atoms with Crippen LogP contribution in [0.1, 0.15) is 25.6 Å². The van der Waals surface area contributed by atoms with E-state index in [0.717, 1.165) is 4.90 Å². The molecular weight excluding hydrogens is 288 g/mol. The number of amides is 2. The lowest BCUT2D eigenvalue weighted by Gasteiger charge is -2.28. The first-order valence-electron chi connectivity index (χ1n) is 7.21. The maximum absolute atomic E-state index is 12.5. The molecule has 1 aromatic rings. The highest BCUT2D eigenvalue weighted by Crippen LogP contribution is 2.48. The second kappa shape index (κ2) is 4.95. The highest BCUT2D eigenvalue weighted by molar-refractivity contribution is 6.09. The number of fused-ring (bicyclic) bond motifs is 1. The van der Waals surface area contributed by atoms with E-state index in [9.17, 15) is 14.4 Å². The Kier molecular flexibility index (Phi) is 3.32. The Labute approximate surface area is 127 Å². The highest BCUT2D eigenvalue weighted by atomic mass is 16.5. The third-order valence-corrected chi connectivity index (χ3v) is 4.56. The molecule has 0 saturated carbocycles. The summed E-state index contributed by atoms with van der Waals surface area (Å²) in [5.74, 6) is -2.14. The Morgan fingerprint density at radius 1 is 1.45 bits per heavy atom. The van der Waals surface area contributed by atoms with E-state index in [1.54, 1.807) is 26.0 Å². The lowest BCUT2D eigenvalue weighted by Crippen LogP contribution is -2.53. The van der Waals surface area contributed by atoms with Crippen molar-refractivity contribution in [2.24, 2.45) is 11.8 Å². The van der Waals surface area contributed by atoms with Crippen LogP contribution in [0.2, 0.25) is 0 Å². The lowest BCUT2D eigenvalue weighted by molar-refractivity contribution is -0.155. The molecule has 3 rings (SSSR count). The molecule has 2 saturated heterocycles. The molecule has 0 aliphatic carbocycles. The van der Waals surface area contributed by atoms with Gasteiger partial charge in [-0.3, -0.25) is 24.6 Å². The number of rotatable bonds is 3. The maximum atomic E-state index is 12.5. The smallest absolute Gasteiger partial charge is 0.326 e. The number of carbonyl (C=O) groups excluding carboxylic acids is 3. The number of nitrogens with zero attached hydrogens (tertiary/aromatic N) is 1. The van der Waals surface area contributed by atoms with E-state index in [-0.39, 0.29) is 18.4 Å². The quantitative estimate of drug-likeness (QED) is 0.645. The number of furan rings is 1. The Hall–Kier alpha value is -2.15. The summed E-state index contributed by atoms with van der Waals surface area (Å²) < 4.78 is 10.5. The molecule has 118 valence electrons. The fraction of sp³-hybridized carbons (Fsp3) is 0.533. The number of ether oxygens (including phenoxy) is 1. The fourth-order valence-electron chi connectivity index (χ4n) is 3.46. The van der Waals surface area contributed by atoms with Crippen LogP contribution in [0.25, 0.3) is 0 Å². The summed E-state index contributed by atoms with van der Waals surface area (Å²) in [7, 11) is 1.44. The summed E-state index contributed by atoms with van der Waals surface area (Å²) in [5.41, 5.74) is -1.25. The molecule has 4 atom stereocenters. The molecule has 0 unspecified atom stereocenters. The van der Waals surface area contributed by atoms with Crippen molar-refractivity contribution in [3.63, 3.8) is 0 Å². The van der Waals surface area contributed by atoms with Crippen molar-refractivity contribution in [3.05, 3.63) is 24.2 Å². The van der Waals surface area contributed by atoms with Crippen molar-refractivity contribution in [3.8, 4) is 0 Å². The van der Waals surface area contributed by atoms with Gasteiger partial charge in [-0.25, -0.2) is 0 Å². The van der Waals surface area contributed by atoms with Crippen LogP contribution in [0.15, 0.2) is 22.8 Å². The fourth-order valence-corrected chi connectivity index (χ4v) is 3.46. The third kappa shape index (κ3) is 1.81. The molecular formula is C15H18N2O5. The molecule has 0 radical (unpaired) electrons. The van der Waals surface area contributed by atoms with Crippen LogP contribution >= 0.6 is 0 Å². The monoisotopic (exact) mass is 306 g/mol. The van der Waals surface area contributed by atoms with Gasteiger partial charge in [0.15, 0.2) is 0 Å². The van der Waals surface area contributed by atoms with Crippen LogP contribution < -0.4 is 5.32 Å². The van der Waals surface area contributed by atoms with E-state index < -0.39 is 29.4 Å². The number of likely N-dealkylation sites (tertiary alicyclic amines) is 1. The van der Waals surface area contributed by atoms with Crippen molar-refractivity contribution >= 4 is 17.8 Å². The van der Waals surface area contributed by atoms with Crippen LogP contribution in [0.3, 0.4) is 0 Å². The van der Waals surface area contributed by atoms with Crippen molar-refractivity contribution < 1.29 is 23.5 Å². The van der Waals surface area contributed by atoms with Crippen LogP contribution in [0, 0.1) is 11.8 Å². The molecule has 22 heavy (non-hydrogen) atoms. The van der Waals surface area contributed by atoms with Gasteiger partial charge in [-0.05, 0) is 26.0 Å². The number of hydrogen-bond acceptors (Lipinski definition) is 6. The molecule has 2 amide bonds. The molecule has 7 heteroatoms. The van der Waals surface area contributed by atoms with Crippen molar-refractivity contribution in [1.29, 1.82) is 0 Å². The zero-order valence-electron chi connectivity index (χ0n) is 12.7. The van der Waals surface area contributed by atoms with Gasteiger partial charge in [-0.15, -0.1) is 0 Å². The molecule has 2 fully saturated rings. The standard InChI is InChI=1S/C15H18N2O5/c1-4-21-14(20)15(2)10-9(12(18)17(3)13(10)19)11(16-15)8-6-5-7-22-8/h5-7,9-11,16H,4H2,1-3H3/t9-,10-,11-,15+/m0/s1. The lowest BCUT2D eigenvalue weighted by atomic mass is 9.81. The summed E-state index contributed by atoms with van der Waals surface area (Å²) in [6.07, 6.45) is 1.50. The van der Waals surface area contributed by atoms with E-state index in [1.165, 1.54) is 13.3 Å². The maximum Gasteiger partial charge on any atom is 0.326 e. The summed E-state index contributed by atoms with van der Waals surface area (Å²) in [6.45, 7) is 3.51. The Bertz CT molecular complexity index is 626. The van der Waals surface area contributed by atoms with Gasteiger partial charge >= 0.3 is 5.97 Å². The van der Waals surface area contributed by atoms with Crippen LogP contribution in [0.5, 0.6) is 0 Å². The normalized spacial score (nSPS) is 34.1. The topological polar surface area (TPSA) is 88.8 Å². The molecule has 0 bridgehead atoms. The van der Waals surface area contributed by atoms with Crippen LogP contribution in [-0.4, -0.2) is 41.9 Å². The molecule has 3 heterocycles. The van der Waals surface area contributed by atoms with Crippen LogP contribution in [0.4, 0.5) is 0 Å². The van der Waals surface area contributed by atoms with Gasteiger partial charge < -0.3 is 9.15 Å². The predicted octanol–water partition coefficient (Wildman–Crippen LogP) is 0.477. The average molecular weight is 306 g/mol. The molecule has 2 aliphatic rings. The zero-order chi connectivity index (χ0) is 16.1. The summed E-state index contributed by atoms with van der Waals surface area (Å²) in [4.78, 5) is 38.4. The number of imide groups is 1. The van der Waals surface area contributed by atoms with E-state index in [4.69, 9.17) is 9.15 Å². The molecule has 1 N–H and O–H groups in total. The second-order valence-corrected chi connectivity index (χ2v) is 5.80. The van der Waals surface area contributed by atoms with Gasteiger partial charge in [0.1, 0.15) is 11.3 Å². The summed E-state index contributed by atoms with van der Waals surface area (Å²) in [5, 5.41) is 3.10. The minimum Gasteiger partial charge on any atom is -0.468 e. The first-order chi connectivity index (χ1) is 10.4. The predicted molar refractivity (Wildman–Crippen MR) is 74.4 cm³/mol. The summed E-state index contributed by atoms with van der Waals surface area (Å²) in [6, 6.07) is 2.90. The number of carbonyl (C=O) groups is 3. The highest BCUT2D eigenvalue weighted by Gasteiger charge is 2.66. The Balaban J connectivity index is 2.06. The van der Waals surface area contributed by atoms with Gasteiger partial charge in [-0.1, -0.05) is 0 Å². The molecule has 0 spiro atoms. The van der Waals surface area contributed by atoms with E-state index in [1.807, 2.05) is 0 Å². The van der Waals surface area contributed by atoms with E-state index in [2.05, 4.69) is 5.32 Å². The Morgan fingerprint density at radius 3 is 2.77 bits per heavy atom. The number of hydrogen-bond donors (Lipinski definition) is 1. The molecule has 7 nitrogen and oxygen atoms in total. The SMILES string of the molecule is CCOC(=O)[C@]1(C)N[C@@H](c2ccco2)[C@H]2C(=O)N(C)C(=O)[C@H]21. The van der Waals surface area contributed by atoms with Gasteiger partial charge in [0, 0.05) is 7.05 Å². The zero-order valence-corrected chi connectivity index (χ0v) is 12.7. The Morgan fingerprint density at radius 2 is 2.18 bits per heavy atom. The van der Waals surface area contributed by atoms with Gasteiger partial charge in [0.25, 0.3) is 0 Å². The summed E-state index contributed by atoms with van der Waals surface area (Å²) >= 11 is 0. The first-order valence-corrected chi connectivity index (χ1v) is 7.21. The number of esters is 1. The average Bonchev–Trinajstić information content (AvgIpc) is 3.15. The molecule has 2 aliphatic heterocycles. The minimum absolute atomic E-state index is 0.205. The van der Waals surface area contributed by atoms with Gasteiger partial charge in [-0.2, -0.15) is 0 Å². The first kappa shape index (κ1) is 14.8. The van der Waals surface area contributed by atoms with Crippen molar-refractivity contribution in [1.82, 2.24) is 10.2 Å². The van der Waals surface area contributed by atoms with Gasteiger partial charge in [0.2, 0.25) is 11.8 Å².